The fourth-order valence-electron chi connectivity index (χ4n) is 2.51. The van der Waals surface area contributed by atoms with Crippen molar-refractivity contribution in [2.24, 2.45) is 0 Å². The molecule has 1 amide bonds. The van der Waals surface area contributed by atoms with Gasteiger partial charge in [-0.1, -0.05) is 0 Å². The fourth-order valence-corrected chi connectivity index (χ4v) is 3.91. The molecule has 0 aliphatic carbocycles. The molecule has 1 fully saturated rings. The Morgan fingerprint density at radius 1 is 1.21 bits per heavy atom. The SMILES string of the molecule is O=C1CN(S(=O)(=O)c2ccc(C(=O)OCCNc3ncccn3)cc2)CCN1. The highest BCUT2D eigenvalue weighted by Crippen LogP contribution is 2.17. The number of nitrogens with zero attached hydrogens (tertiary/aromatic N) is 3. The summed E-state index contributed by atoms with van der Waals surface area (Å²) in [5.74, 6) is -0.485. The van der Waals surface area contributed by atoms with Gasteiger partial charge in [0.15, 0.2) is 0 Å². The van der Waals surface area contributed by atoms with Gasteiger partial charge in [0.1, 0.15) is 6.61 Å². The fraction of sp³-hybridized carbons (Fsp3) is 0.294. The van der Waals surface area contributed by atoms with Crippen LogP contribution >= 0.6 is 0 Å². The maximum absolute atomic E-state index is 12.6. The zero-order chi connectivity index (χ0) is 20.0. The number of rotatable bonds is 7. The van der Waals surface area contributed by atoms with Crippen molar-refractivity contribution in [3.05, 3.63) is 48.3 Å². The third-order valence-corrected chi connectivity index (χ3v) is 5.77. The molecule has 1 aliphatic rings. The first-order chi connectivity index (χ1) is 13.5. The number of carbonyl (C=O) groups excluding carboxylic acids is 2. The number of esters is 1. The summed E-state index contributed by atoms with van der Waals surface area (Å²) in [4.78, 5) is 31.5. The topological polar surface area (TPSA) is 131 Å². The molecule has 0 saturated carbocycles. The quantitative estimate of drug-likeness (QED) is 0.481. The van der Waals surface area contributed by atoms with Crippen molar-refractivity contribution in [1.82, 2.24) is 19.6 Å². The molecule has 2 N–H and O–H groups in total. The van der Waals surface area contributed by atoms with Gasteiger partial charge in [-0.15, -0.1) is 0 Å². The van der Waals surface area contributed by atoms with Gasteiger partial charge >= 0.3 is 5.97 Å². The Morgan fingerprint density at radius 2 is 1.93 bits per heavy atom. The number of piperazine rings is 1. The summed E-state index contributed by atoms with van der Waals surface area (Å²) in [6.45, 7) is 0.685. The minimum atomic E-state index is -3.79. The van der Waals surface area contributed by atoms with Gasteiger partial charge in [0.2, 0.25) is 21.9 Å². The van der Waals surface area contributed by atoms with Crippen molar-refractivity contribution in [3.63, 3.8) is 0 Å². The Bertz CT molecular complexity index is 934. The Kier molecular flexibility index (Phi) is 6.16. The van der Waals surface area contributed by atoms with E-state index in [2.05, 4.69) is 20.6 Å². The number of anilines is 1. The number of hydrogen-bond donors (Lipinski definition) is 2. The molecule has 1 aromatic carbocycles. The molecular weight excluding hydrogens is 386 g/mol. The number of amides is 1. The van der Waals surface area contributed by atoms with E-state index in [9.17, 15) is 18.0 Å². The maximum atomic E-state index is 12.6. The van der Waals surface area contributed by atoms with Gasteiger partial charge in [0.25, 0.3) is 0 Å². The normalized spacial score (nSPS) is 14.9. The lowest BCUT2D eigenvalue weighted by Crippen LogP contribution is -2.49. The first-order valence-electron chi connectivity index (χ1n) is 8.52. The number of hydrogen-bond acceptors (Lipinski definition) is 8. The molecule has 11 heteroatoms. The lowest BCUT2D eigenvalue weighted by molar-refractivity contribution is -0.122. The number of benzene rings is 1. The summed E-state index contributed by atoms with van der Waals surface area (Å²) in [5, 5.41) is 5.48. The predicted octanol–water partition coefficient (Wildman–Crippen LogP) is -0.134. The van der Waals surface area contributed by atoms with Gasteiger partial charge in [-0.25, -0.2) is 23.2 Å². The highest BCUT2D eigenvalue weighted by atomic mass is 32.2. The van der Waals surface area contributed by atoms with Crippen molar-refractivity contribution >= 4 is 27.8 Å². The van der Waals surface area contributed by atoms with Crippen LogP contribution in [0.5, 0.6) is 0 Å². The van der Waals surface area contributed by atoms with E-state index in [1.807, 2.05) is 0 Å². The zero-order valence-electron chi connectivity index (χ0n) is 14.9. The lowest BCUT2D eigenvalue weighted by atomic mass is 10.2. The summed E-state index contributed by atoms with van der Waals surface area (Å²) in [5.41, 5.74) is 0.228. The van der Waals surface area contributed by atoms with Crippen molar-refractivity contribution in [2.45, 2.75) is 4.90 Å². The van der Waals surface area contributed by atoms with Crippen molar-refractivity contribution in [2.75, 3.05) is 38.1 Å². The van der Waals surface area contributed by atoms with Gasteiger partial charge in [-0.05, 0) is 30.3 Å². The molecule has 1 aliphatic heterocycles. The van der Waals surface area contributed by atoms with Gasteiger partial charge in [-0.2, -0.15) is 4.31 Å². The molecule has 0 radical (unpaired) electrons. The standard InChI is InChI=1S/C17H19N5O5S/c23-15-12-22(10-8-18-15)28(25,26)14-4-2-13(3-5-14)16(24)27-11-9-21-17-19-6-1-7-20-17/h1-7H,8-12H2,(H,18,23)(H,19,20,21). The monoisotopic (exact) mass is 405 g/mol. The first kappa shape index (κ1) is 19.7. The van der Waals surface area contributed by atoms with Crippen LogP contribution in [-0.2, 0) is 19.6 Å². The van der Waals surface area contributed by atoms with Crippen molar-refractivity contribution in [3.8, 4) is 0 Å². The smallest absolute Gasteiger partial charge is 0.338 e. The van der Waals surface area contributed by atoms with Crippen LogP contribution in [0, 0.1) is 0 Å². The molecule has 2 heterocycles. The maximum Gasteiger partial charge on any atom is 0.338 e. The molecule has 28 heavy (non-hydrogen) atoms. The van der Waals surface area contributed by atoms with Crippen LogP contribution < -0.4 is 10.6 Å². The minimum Gasteiger partial charge on any atom is -0.460 e. The number of nitrogens with one attached hydrogen (secondary N) is 2. The van der Waals surface area contributed by atoms with Gasteiger partial charge in [0.05, 0.1) is 23.5 Å². The van der Waals surface area contributed by atoms with Gasteiger partial charge in [-0.3, -0.25) is 4.79 Å². The summed E-state index contributed by atoms with van der Waals surface area (Å²) in [6.07, 6.45) is 3.18. The molecular formula is C17H19N5O5S. The van der Waals surface area contributed by atoms with Crippen LogP contribution in [0.4, 0.5) is 5.95 Å². The van der Waals surface area contributed by atoms with Gasteiger partial charge < -0.3 is 15.4 Å². The largest absolute Gasteiger partial charge is 0.460 e. The molecule has 10 nitrogen and oxygen atoms in total. The van der Waals surface area contributed by atoms with E-state index in [4.69, 9.17) is 4.74 Å². The van der Waals surface area contributed by atoms with E-state index in [1.54, 1.807) is 18.5 Å². The Morgan fingerprint density at radius 3 is 2.61 bits per heavy atom. The zero-order valence-corrected chi connectivity index (χ0v) is 15.7. The Hall–Kier alpha value is -3.05. The van der Waals surface area contributed by atoms with Crippen LogP contribution in [-0.4, -0.2) is 67.4 Å². The number of sulfonamides is 1. The molecule has 1 aromatic heterocycles. The highest BCUT2D eigenvalue weighted by molar-refractivity contribution is 7.89. The first-order valence-corrected chi connectivity index (χ1v) is 9.96. The average Bonchev–Trinajstić information content (AvgIpc) is 2.72. The Labute approximate surface area is 162 Å². The predicted molar refractivity (Wildman–Crippen MR) is 99.0 cm³/mol. The van der Waals surface area contributed by atoms with E-state index >= 15 is 0 Å². The molecule has 3 rings (SSSR count). The summed E-state index contributed by atoms with van der Waals surface area (Å²) < 4.78 is 31.4. The van der Waals surface area contributed by atoms with E-state index in [1.165, 1.54) is 24.3 Å². The second-order valence-corrected chi connectivity index (χ2v) is 7.79. The number of aromatic nitrogens is 2. The molecule has 148 valence electrons. The summed E-state index contributed by atoms with van der Waals surface area (Å²) in [6, 6.07) is 7.11. The molecule has 0 atom stereocenters. The summed E-state index contributed by atoms with van der Waals surface area (Å²) in [7, 11) is -3.79. The minimum absolute atomic E-state index is 0.0154. The molecule has 0 bridgehead atoms. The summed E-state index contributed by atoms with van der Waals surface area (Å²) >= 11 is 0. The third kappa shape index (κ3) is 4.81. The second-order valence-electron chi connectivity index (χ2n) is 5.85. The van der Waals surface area contributed by atoms with Crippen molar-refractivity contribution in [1.29, 1.82) is 0 Å². The van der Waals surface area contributed by atoms with Gasteiger partial charge in [0, 0.05) is 25.5 Å². The third-order valence-electron chi connectivity index (χ3n) is 3.92. The van der Waals surface area contributed by atoms with E-state index in [0.717, 1.165) is 4.31 Å². The van der Waals surface area contributed by atoms with Crippen LogP contribution in [0.2, 0.25) is 0 Å². The molecule has 0 unspecified atom stereocenters. The molecule has 0 spiro atoms. The van der Waals surface area contributed by atoms with E-state index < -0.39 is 16.0 Å². The number of carbonyl (C=O) groups is 2. The van der Waals surface area contributed by atoms with Crippen LogP contribution in [0.15, 0.2) is 47.6 Å². The van der Waals surface area contributed by atoms with Crippen molar-refractivity contribution < 1.29 is 22.7 Å². The number of ether oxygens (including phenoxy) is 1. The van der Waals surface area contributed by atoms with E-state index in [-0.39, 0.29) is 42.6 Å². The molecule has 2 aromatic rings. The lowest BCUT2D eigenvalue weighted by Gasteiger charge is -2.25. The van der Waals surface area contributed by atoms with Crippen LogP contribution in [0.3, 0.4) is 0 Å². The Balaban J connectivity index is 1.54. The second kappa shape index (κ2) is 8.76. The highest BCUT2D eigenvalue weighted by Gasteiger charge is 2.29. The molecule has 1 saturated heterocycles. The van der Waals surface area contributed by atoms with Crippen LogP contribution in [0.1, 0.15) is 10.4 Å². The van der Waals surface area contributed by atoms with Crippen LogP contribution in [0.25, 0.3) is 0 Å². The van der Waals surface area contributed by atoms with E-state index in [0.29, 0.717) is 12.5 Å². The average molecular weight is 405 g/mol.